The van der Waals surface area contributed by atoms with E-state index in [9.17, 15) is 4.79 Å². The number of rotatable bonds is 2. The second kappa shape index (κ2) is 5.49. The largest absolute Gasteiger partial charge is 0.367 e. The van der Waals surface area contributed by atoms with Crippen LogP contribution in [-0.2, 0) is 0 Å². The van der Waals surface area contributed by atoms with Gasteiger partial charge in [-0.15, -0.1) is 0 Å². The standard InChI is InChI=1S/C16H19N3O/c1-12-9-18-10-15(12)16(20)19-8-2-3-14(11-19)13-4-6-17-7-5-13/h4-7,9-10,14,18H,2-3,8,11H2,1H3/t14-/m0/s1. The van der Waals surface area contributed by atoms with Crippen LogP contribution in [-0.4, -0.2) is 33.9 Å². The highest BCUT2D eigenvalue weighted by molar-refractivity contribution is 5.95. The number of pyridine rings is 1. The Labute approximate surface area is 118 Å². The van der Waals surface area contributed by atoms with E-state index in [0.29, 0.717) is 5.92 Å². The molecule has 1 aliphatic heterocycles. The predicted molar refractivity (Wildman–Crippen MR) is 77.6 cm³/mol. The van der Waals surface area contributed by atoms with Crippen LogP contribution in [0.1, 0.15) is 40.2 Å². The minimum Gasteiger partial charge on any atom is -0.367 e. The maximum atomic E-state index is 12.6. The second-order valence-electron chi connectivity index (χ2n) is 5.42. The first-order chi connectivity index (χ1) is 9.75. The van der Waals surface area contributed by atoms with Gasteiger partial charge in [-0.3, -0.25) is 9.78 Å². The molecule has 2 aromatic heterocycles. The highest BCUT2D eigenvalue weighted by Gasteiger charge is 2.26. The monoisotopic (exact) mass is 269 g/mol. The van der Waals surface area contributed by atoms with Gasteiger partial charge < -0.3 is 9.88 Å². The first-order valence-electron chi connectivity index (χ1n) is 7.08. The maximum Gasteiger partial charge on any atom is 0.255 e. The van der Waals surface area contributed by atoms with Crippen LogP contribution in [0, 0.1) is 6.92 Å². The van der Waals surface area contributed by atoms with Crippen molar-refractivity contribution in [3.63, 3.8) is 0 Å². The number of carbonyl (C=O) groups is 1. The van der Waals surface area contributed by atoms with Gasteiger partial charge in [-0.25, -0.2) is 0 Å². The number of aromatic nitrogens is 2. The zero-order chi connectivity index (χ0) is 13.9. The Hall–Kier alpha value is -2.10. The Bertz CT molecular complexity index is 591. The van der Waals surface area contributed by atoms with Crippen molar-refractivity contribution < 1.29 is 4.79 Å². The molecule has 0 unspecified atom stereocenters. The smallest absolute Gasteiger partial charge is 0.255 e. The van der Waals surface area contributed by atoms with Crippen LogP contribution in [0.15, 0.2) is 36.9 Å². The Morgan fingerprint density at radius 3 is 2.85 bits per heavy atom. The summed E-state index contributed by atoms with van der Waals surface area (Å²) in [5.41, 5.74) is 3.09. The molecule has 1 aliphatic rings. The molecule has 2 aromatic rings. The van der Waals surface area contributed by atoms with Gasteiger partial charge in [-0.1, -0.05) is 0 Å². The Morgan fingerprint density at radius 2 is 2.15 bits per heavy atom. The van der Waals surface area contributed by atoms with Crippen molar-refractivity contribution in [2.24, 2.45) is 0 Å². The number of aryl methyl sites for hydroxylation is 1. The minimum atomic E-state index is 0.141. The number of nitrogens with one attached hydrogen (secondary N) is 1. The van der Waals surface area contributed by atoms with Crippen LogP contribution in [0.3, 0.4) is 0 Å². The van der Waals surface area contributed by atoms with Gasteiger partial charge in [0.1, 0.15) is 0 Å². The van der Waals surface area contributed by atoms with Gasteiger partial charge in [0.25, 0.3) is 5.91 Å². The minimum absolute atomic E-state index is 0.141. The molecule has 4 heteroatoms. The van der Waals surface area contributed by atoms with Gasteiger partial charge in [0.05, 0.1) is 5.56 Å². The highest BCUT2D eigenvalue weighted by Crippen LogP contribution is 2.27. The van der Waals surface area contributed by atoms with E-state index in [1.807, 2.05) is 30.4 Å². The van der Waals surface area contributed by atoms with Crippen LogP contribution in [0.2, 0.25) is 0 Å². The lowest BCUT2D eigenvalue weighted by molar-refractivity contribution is 0.0706. The first kappa shape index (κ1) is 12.9. The number of hydrogen-bond acceptors (Lipinski definition) is 2. The van der Waals surface area contributed by atoms with Crippen molar-refractivity contribution in [3.05, 3.63) is 53.6 Å². The molecule has 4 nitrogen and oxygen atoms in total. The number of H-pyrrole nitrogens is 1. The van der Waals surface area contributed by atoms with E-state index in [4.69, 9.17) is 0 Å². The molecule has 20 heavy (non-hydrogen) atoms. The zero-order valence-electron chi connectivity index (χ0n) is 11.7. The molecule has 1 saturated heterocycles. The Kier molecular flexibility index (Phi) is 3.54. The SMILES string of the molecule is Cc1c[nH]cc1C(=O)N1CCC[C@H](c2ccncc2)C1. The van der Waals surface area contributed by atoms with Gasteiger partial charge in [0.15, 0.2) is 0 Å². The molecule has 1 fully saturated rings. The molecule has 3 rings (SSSR count). The summed E-state index contributed by atoms with van der Waals surface area (Å²) in [5, 5.41) is 0. The number of aromatic amines is 1. The second-order valence-corrected chi connectivity index (χ2v) is 5.42. The fourth-order valence-corrected chi connectivity index (χ4v) is 2.91. The molecule has 3 heterocycles. The van der Waals surface area contributed by atoms with Crippen molar-refractivity contribution in [2.45, 2.75) is 25.7 Å². The summed E-state index contributed by atoms with van der Waals surface area (Å²) in [4.78, 5) is 21.6. The number of amides is 1. The summed E-state index contributed by atoms with van der Waals surface area (Å²) >= 11 is 0. The molecule has 0 bridgehead atoms. The molecule has 0 aromatic carbocycles. The number of likely N-dealkylation sites (tertiary alicyclic amines) is 1. The van der Waals surface area contributed by atoms with E-state index in [1.54, 1.807) is 6.20 Å². The number of carbonyl (C=O) groups excluding carboxylic acids is 1. The normalized spacial score (nSPS) is 19.1. The predicted octanol–water partition coefficient (Wildman–Crippen LogP) is 2.74. The van der Waals surface area contributed by atoms with Crippen LogP contribution < -0.4 is 0 Å². The lowest BCUT2D eigenvalue weighted by atomic mass is 9.91. The van der Waals surface area contributed by atoms with Crippen molar-refractivity contribution in [3.8, 4) is 0 Å². The van der Waals surface area contributed by atoms with Gasteiger partial charge in [0.2, 0.25) is 0 Å². The molecule has 1 amide bonds. The third-order valence-electron chi connectivity index (χ3n) is 4.07. The van der Waals surface area contributed by atoms with Gasteiger partial charge in [-0.05, 0) is 43.0 Å². The van der Waals surface area contributed by atoms with Crippen LogP contribution in [0.5, 0.6) is 0 Å². The van der Waals surface area contributed by atoms with E-state index in [1.165, 1.54) is 5.56 Å². The quantitative estimate of drug-likeness (QED) is 0.911. The number of hydrogen-bond donors (Lipinski definition) is 1. The summed E-state index contributed by atoms with van der Waals surface area (Å²) in [7, 11) is 0. The van der Waals surface area contributed by atoms with Crippen molar-refractivity contribution >= 4 is 5.91 Å². The average Bonchev–Trinajstić information content (AvgIpc) is 2.94. The summed E-state index contributed by atoms with van der Waals surface area (Å²) in [6, 6.07) is 4.11. The van der Waals surface area contributed by atoms with Crippen LogP contribution in [0.25, 0.3) is 0 Å². The van der Waals surface area contributed by atoms with Gasteiger partial charge >= 0.3 is 0 Å². The molecular formula is C16H19N3O. The fraction of sp³-hybridized carbons (Fsp3) is 0.375. The molecule has 0 saturated carbocycles. The summed E-state index contributed by atoms with van der Waals surface area (Å²) in [5.74, 6) is 0.567. The lowest BCUT2D eigenvalue weighted by Crippen LogP contribution is -2.39. The molecule has 0 aliphatic carbocycles. The average molecular weight is 269 g/mol. The third-order valence-corrected chi connectivity index (χ3v) is 4.07. The van der Waals surface area contributed by atoms with E-state index >= 15 is 0 Å². The van der Waals surface area contributed by atoms with E-state index < -0.39 is 0 Å². The molecular weight excluding hydrogens is 250 g/mol. The molecule has 1 N–H and O–H groups in total. The van der Waals surface area contributed by atoms with Crippen LogP contribution in [0.4, 0.5) is 0 Å². The highest BCUT2D eigenvalue weighted by atomic mass is 16.2. The number of nitrogens with zero attached hydrogens (tertiary/aromatic N) is 2. The Balaban J connectivity index is 1.76. The summed E-state index contributed by atoms with van der Waals surface area (Å²) < 4.78 is 0. The fourth-order valence-electron chi connectivity index (χ4n) is 2.91. The van der Waals surface area contributed by atoms with E-state index in [0.717, 1.165) is 37.1 Å². The summed E-state index contributed by atoms with van der Waals surface area (Å²) in [6.07, 6.45) is 9.52. The molecule has 104 valence electrons. The summed E-state index contributed by atoms with van der Waals surface area (Å²) in [6.45, 7) is 3.62. The molecule has 0 spiro atoms. The Morgan fingerprint density at radius 1 is 1.35 bits per heavy atom. The maximum absolute atomic E-state index is 12.6. The van der Waals surface area contributed by atoms with Gasteiger partial charge in [-0.2, -0.15) is 0 Å². The molecule has 0 radical (unpaired) electrons. The third kappa shape index (κ3) is 2.46. The van der Waals surface area contributed by atoms with Crippen LogP contribution >= 0.6 is 0 Å². The van der Waals surface area contributed by atoms with Crippen molar-refractivity contribution in [1.82, 2.24) is 14.9 Å². The van der Waals surface area contributed by atoms with E-state index in [-0.39, 0.29) is 5.91 Å². The first-order valence-corrected chi connectivity index (χ1v) is 7.08. The molecule has 1 atom stereocenters. The lowest BCUT2D eigenvalue weighted by Gasteiger charge is -2.33. The van der Waals surface area contributed by atoms with Crippen molar-refractivity contribution in [2.75, 3.05) is 13.1 Å². The van der Waals surface area contributed by atoms with Crippen molar-refractivity contribution in [1.29, 1.82) is 0 Å². The van der Waals surface area contributed by atoms with Gasteiger partial charge in [0, 0.05) is 43.8 Å². The topological polar surface area (TPSA) is 49.0 Å². The van der Waals surface area contributed by atoms with E-state index in [2.05, 4.69) is 22.1 Å². The number of piperidine rings is 1. The zero-order valence-corrected chi connectivity index (χ0v) is 11.7.